The Bertz CT molecular complexity index is 514. The molecule has 0 bridgehead atoms. The van der Waals surface area contributed by atoms with Gasteiger partial charge in [0.2, 0.25) is 10.0 Å². The Morgan fingerprint density at radius 2 is 2.11 bits per heavy atom. The number of hydrogen-bond donors (Lipinski definition) is 1. The highest BCUT2D eigenvalue weighted by Crippen LogP contribution is 2.06. The summed E-state index contributed by atoms with van der Waals surface area (Å²) in [5.41, 5.74) is 0.389. The lowest BCUT2D eigenvalue weighted by Gasteiger charge is -2.11. The van der Waals surface area contributed by atoms with Crippen LogP contribution in [0.4, 0.5) is 0 Å². The largest absolute Gasteiger partial charge is 0.351 e. The molecule has 0 fully saturated rings. The lowest BCUT2D eigenvalue weighted by molar-refractivity contribution is 0.0955. The first-order valence-electron chi connectivity index (χ1n) is 5.13. The molecular weight excluding hydrogens is 322 g/mol. The standard InChI is InChI=1S/C10H14BrN3O3S/c1-14(2)18(16,17)6-5-12-10(15)8-3-4-9(11)13-7-8/h3-4,7H,5-6H2,1-2H3,(H,12,15). The van der Waals surface area contributed by atoms with Gasteiger partial charge in [0.1, 0.15) is 4.60 Å². The first kappa shape index (κ1) is 15.1. The van der Waals surface area contributed by atoms with Gasteiger partial charge in [0.05, 0.1) is 11.3 Å². The highest BCUT2D eigenvalue weighted by molar-refractivity contribution is 9.10. The number of carbonyl (C=O) groups is 1. The average Bonchev–Trinajstić information content (AvgIpc) is 2.29. The number of aromatic nitrogens is 1. The first-order valence-corrected chi connectivity index (χ1v) is 7.53. The number of carbonyl (C=O) groups excluding carboxylic acids is 1. The Hall–Kier alpha value is -0.990. The zero-order valence-electron chi connectivity index (χ0n) is 10.1. The minimum atomic E-state index is -3.29. The predicted octanol–water partition coefficient (Wildman–Crippen LogP) is 0.465. The minimum Gasteiger partial charge on any atom is -0.351 e. The van der Waals surface area contributed by atoms with Gasteiger partial charge in [-0.15, -0.1) is 0 Å². The zero-order chi connectivity index (χ0) is 13.8. The molecule has 0 atom stereocenters. The number of rotatable bonds is 5. The third-order valence-electron chi connectivity index (χ3n) is 2.19. The van der Waals surface area contributed by atoms with E-state index in [0.717, 1.165) is 4.31 Å². The maximum absolute atomic E-state index is 11.6. The van der Waals surface area contributed by atoms with Crippen LogP contribution in [0.25, 0.3) is 0 Å². The summed E-state index contributed by atoms with van der Waals surface area (Å²) in [4.78, 5) is 15.6. The molecular formula is C10H14BrN3O3S. The van der Waals surface area contributed by atoms with Gasteiger partial charge in [-0.1, -0.05) is 0 Å². The third-order valence-corrected chi connectivity index (χ3v) is 4.49. The monoisotopic (exact) mass is 335 g/mol. The molecule has 0 aliphatic heterocycles. The van der Waals surface area contributed by atoms with Crippen LogP contribution in [0.1, 0.15) is 10.4 Å². The topological polar surface area (TPSA) is 79.4 Å². The quantitative estimate of drug-likeness (QED) is 0.793. The van der Waals surface area contributed by atoms with Gasteiger partial charge < -0.3 is 5.32 Å². The van der Waals surface area contributed by atoms with Crippen LogP contribution in [-0.2, 0) is 10.0 Å². The van der Waals surface area contributed by atoms with E-state index in [1.807, 2.05) is 0 Å². The van der Waals surface area contributed by atoms with Crippen LogP contribution in [0.15, 0.2) is 22.9 Å². The molecule has 6 nitrogen and oxygen atoms in total. The van der Waals surface area contributed by atoms with Gasteiger partial charge >= 0.3 is 0 Å². The molecule has 1 amide bonds. The van der Waals surface area contributed by atoms with Gasteiger partial charge in [-0.05, 0) is 28.1 Å². The van der Waals surface area contributed by atoms with E-state index in [1.165, 1.54) is 20.3 Å². The van der Waals surface area contributed by atoms with E-state index in [2.05, 4.69) is 26.2 Å². The summed E-state index contributed by atoms with van der Waals surface area (Å²) in [6, 6.07) is 3.25. The molecule has 1 aromatic rings. The molecule has 1 heterocycles. The molecule has 0 saturated carbocycles. The third kappa shape index (κ3) is 4.35. The molecule has 0 aliphatic carbocycles. The van der Waals surface area contributed by atoms with Crippen LogP contribution in [0.2, 0.25) is 0 Å². The van der Waals surface area contributed by atoms with Crippen LogP contribution in [0.5, 0.6) is 0 Å². The molecule has 1 N–H and O–H groups in total. The van der Waals surface area contributed by atoms with E-state index in [4.69, 9.17) is 0 Å². The second kappa shape index (κ2) is 6.26. The molecule has 0 aliphatic rings. The molecule has 0 saturated heterocycles. The Morgan fingerprint density at radius 1 is 1.44 bits per heavy atom. The van der Waals surface area contributed by atoms with Gasteiger partial charge in [0.15, 0.2) is 0 Å². The van der Waals surface area contributed by atoms with Gasteiger partial charge in [-0.25, -0.2) is 17.7 Å². The fraction of sp³-hybridized carbons (Fsp3) is 0.400. The van der Waals surface area contributed by atoms with Crippen molar-refractivity contribution in [3.05, 3.63) is 28.5 Å². The molecule has 1 rings (SSSR count). The first-order chi connectivity index (χ1) is 8.33. The van der Waals surface area contributed by atoms with E-state index in [0.29, 0.717) is 10.2 Å². The molecule has 18 heavy (non-hydrogen) atoms. The van der Waals surface area contributed by atoms with Gasteiger partial charge in [0.25, 0.3) is 5.91 Å². The molecule has 100 valence electrons. The smallest absolute Gasteiger partial charge is 0.252 e. The van der Waals surface area contributed by atoms with E-state index in [9.17, 15) is 13.2 Å². The molecule has 8 heteroatoms. The van der Waals surface area contributed by atoms with Crippen molar-refractivity contribution < 1.29 is 13.2 Å². The number of hydrogen-bond acceptors (Lipinski definition) is 4. The van der Waals surface area contributed by atoms with Crippen molar-refractivity contribution in [2.45, 2.75) is 0 Å². The number of sulfonamides is 1. The fourth-order valence-electron chi connectivity index (χ4n) is 1.09. The van der Waals surface area contributed by atoms with E-state index in [1.54, 1.807) is 12.1 Å². The Morgan fingerprint density at radius 3 is 2.61 bits per heavy atom. The molecule has 0 aromatic carbocycles. The summed E-state index contributed by atoms with van der Waals surface area (Å²) in [6.07, 6.45) is 1.42. The van der Waals surface area contributed by atoms with E-state index < -0.39 is 10.0 Å². The molecule has 0 spiro atoms. The highest BCUT2D eigenvalue weighted by atomic mass is 79.9. The summed E-state index contributed by atoms with van der Waals surface area (Å²) in [7, 11) is -0.379. The SMILES string of the molecule is CN(C)S(=O)(=O)CCNC(=O)c1ccc(Br)nc1. The fourth-order valence-corrected chi connectivity index (χ4v) is 2.05. The molecule has 0 radical (unpaired) electrons. The maximum Gasteiger partial charge on any atom is 0.252 e. The number of pyridine rings is 1. The normalized spacial score (nSPS) is 11.6. The van der Waals surface area contributed by atoms with Crippen molar-refractivity contribution in [2.75, 3.05) is 26.4 Å². The van der Waals surface area contributed by atoms with Crippen LogP contribution >= 0.6 is 15.9 Å². The second-order valence-electron chi connectivity index (χ2n) is 3.72. The number of amides is 1. The van der Waals surface area contributed by atoms with Crippen molar-refractivity contribution in [2.24, 2.45) is 0 Å². The van der Waals surface area contributed by atoms with E-state index in [-0.39, 0.29) is 18.2 Å². The average molecular weight is 336 g/mol. The summed E-state index contributed by atoms with van der Waals surface area (Å²) >= 11 is 3.16. The Kier molecular flexibility index (Phi) is 5.24. The predicted molar refractivity (Wildman–Crippen MR) is 71.7 cm³/mol. The highest BCUT2D eigenvalue weighted by Gasteiger charge is 2.14. The van der Waals surface area contributed by atoms with Gasteiger partial charge in [0, 0.05) is 26.8 Å². The summed E-state index contributed by atoms with van der Waals surface area (Å²) < 4.78 is 24.7. The summed E-state index contributed by atoms with van der Waals surface area (Å²) in [5, 5.41) is 2.53. The Labute approximate surface area is 115 Å². The van der Waals surface area contributed by atoms with Crippen LogP contribution in [0.3, 0.4) is 0 Å². The van der Waals surface area contributed by atoms with Crippen LogP contribution in [-0.4, -0.2) is 50.0 Å². The summed E-state index contributed by atoms with van der Waals surface area (Å²) in [5.74, 6) is -0.473. The van der Waals surface area contributed by atoms with Crippen molar-refractivity contribution in [1.82, 2.24) is 14.6 Å². The van der Waals surface area contributed by atoms with Crippen molar-refractivity contribution in [3.8, 4) is 0 Å². The number of nitrogens with zero attached hydrogens (tertiary/aromatic N) is 2. The lowest BCUT2D eigenvalue weighted by Crippen LogP contribution is -2.33. The van der Waals surface area contributed by atoms with Crippen LogP contribution < -0.4 is 5.32 Å². The number of halogens is 1. The maximum atomic E-state index is 11.6. The summed E-state index contributed by atoms with van der Waals surface area (Å²) in [6.45, 7) is 0.0649. The van der Waals surface area contributed by atoms with Gasteiger partial charge in [-0.2, -0.15) is 0 Å². The van der Waals surface area contributed by atoms with Crippen LogP contribution in [0, 0.1) is 0 Å². The molecule has 1 aromatic heterocycles. The van der Waals surface area contributed by atoms with Gasteiger partial charge in [-0.3, -0.25) is 4.79 Å². The second-order valence-corrected chi connectivity index (χ2v) is 6.84. The van der Waals surface area contributed by atoms with Crippen molar-refractivity contribution >= 4 is 31.9 Å². The van der Waals surface area contributed by atoms with Crippen molar-refractivity contribution in [3.63, 3.8) is 0 Å². The molecule has 0 unspecified atom stereocenters. The Balaban J connectivity index is 2.50. The lowest BCUT2D eigenvalue weighted by atomic mass is 10.3. The van der Waals surface area contributed by atoms with E-state index >= 15 is 0 Å². The minimum absolute atomic E-state index is 0.0649. The van der Waals surface area contributed by atoms with Crippen molar-refractivity contribution in [1.29, 1.82) is 0 Å². The number of nitrogens with one attached hydrogen (secondary N) is 1. The zero-order valence-corrected chi connectivity index (χ0v) is 12.5.